The van der Waals surface area contributed by atoms with Crippen molar-refractivity contribution >= 4 is 40.6 Å². The van der Waals surface area contributed by atoms with Crippen molar-refractivity contribution in [3.8, 4) is 0 Å². The molecule has 0 bridgehead atoms. The van der Waals surface area contributed by atoms with Gasteiger partial charge in [-0.3, -0.25) is 4.79 Å². The Kier molecular flexibility index (Phi) is 20.7. The lowest BCUT2D eigenvalue weighted by Gasteiger charge is -2.43. The molecule has 0 unspecified atom stereocenters. The first-order valence-corrected chi connectivity index (χ1v) is 29.1. The molecule has 0 aliphatic heterocycles. The first-order valence-electron chi connectivity index (χ1n) is 32.0. The highest BCUT2D eigenvalue weighted by molar-refractivity contribution is 6.32. The molecule has 85 heavy (non-hydrogen) atoms. The second-order valence-electron chi connectivity index (χ2n) is 21.8. The average molecular weight is 1240 g/mol. The summed E-state index contributed by atoms with van der Waals surface area (Å²) in [5.74, 6) is -7.15. The van der Waals surface area contributed by atoms with Crippen molar-refractivity contribution in [2.45, 2.75) is 150 Å². The van der Waals surface area contributed by atoms with Crippen LogP contribution in [0.3, 0.4) is 0 Å². The first kappa shape index (κ1) is 56.8. The topological polar surface area (TPSA) is 300 Å². The number of carbonyl (C=O) groups is 1. The molecule has 0 amide bonds. The zero-order chi connectivity index (χ0) is 69.1. The Morgan fingerprint density at radius 2 is 0.753 bits per heavy atom. The lowest BCUT2D eigenvalue weighted by molar-refractivity contribution is -0.169. The summed E-state index contributed by atoms with van der Waals surface area (Å²) in [6.45, 7) is 3.15. The summed E-state index contributed by atoms with van der Waals surface area (Å²) < 4.78 is 65.8. The molecule has 14 N–H and O–H groups in total. The van der Waals surface area contributed by atoms with Crippen LogP contribution in [-0.4, -0.2) is 164 Å². The minimum Gasteiger partial charge on any atom is -0.396 e. The summed E-state index contributed by atoms with van der Waals surface area (Å²) in [7, 11) is 0. The molecule has 6 aromatic rings. The van der Waals surface area contributed by atoms with Crippen molar-refractivity contribution in [1.82, 2.24) is 0 Å². The third kappa shape index (κ3) is 15.8. The minimum absolute atomic E-state index is 0.0597. The average Bonchev–Trinajstić information content (AvgIpc) is 0.777. The van der Waals surface area contributed by atoms with E-state index < -0.39 is 154 Å². The van der Waals surface area contributed by atoms with Crippen LogP contribution in [0.5, 0.6) is 0 Å². The number of aryl methyl sites for hydroxylation is 3. The summed E-state index contributed by atoms with van der Waals surface area (Å²) in [4.78, 5) is 12.8. The monoisotopic (exact) mass is 1240 g/mol. The van der Waals surface area contributed by atoms with E-state index in [1.165, 1.54) is 74.5 Å². The van der Waals surface area contributed by atoms with Crippen molar-refractivity contribution in [1.29, 1.82) is 0 Å². The summed E-state index contributed by atoms with van der Waals surface area (Å²) in [5.41, 5.74) is 5.62. The number of aliphatic hydroxyl groups excluding tert-OH is 14. The fraction of sp³-hybridized carbons (Fsp3) is 0.448. The number of Topliss-reactive ketones (excluding diaryl/α,β-unsaturated/α-hetero) is 1. The standard InChI is InChI=1S/C23H27ClO5.2C22H27ClO5/c1-2-3-13-4-6-14(7-5-13)10-16-11-15(8-9-18(16)24)19-20(26)17(12-25)21(27)23(29)22(19)28;2*1-2-12-3-5-13(6-4-12)9-15-10-14(7-8-17(15)23)18-19(25)16(11-24)20(26)22(28)21(18)27/h4-9,11,17,19,21-23,25,27-29H,2-3,10,12H2,1H3;2*3-8,10,16,18-22,24-28H,2,9,11H2,1H3/t17-,19+,21+,22-,23-;2*16-,18+,19-,20+,21-,22-/m000/s1/i10D2;2D2,9D2;2D2. The number of hydrogen-bond donors (Lipinski definition) is 14. The van der Waals surface area contributed by atoms with Gasteiger partial charge in [0.25, 0.3) is 0 Å². The van der Waals surface area contributed by atoms with Gasteiger partial charge in [-0.05, 0) is 123 Å². The van der Waals surface area contributed by atoms with Gasteiger partial charge in [-0.2, -0.15) is 0 Å². The van der Waals surface area contributed by atoms with Gasteiger partial charge >= 0.3 is 0 Å². The molecule has 460 valence electrons. The Hall–Kier alpha value is -4.70. The van der Waals surface area contributed by atoms with Crippen LogP contribution in [0.25, 0.3) is 0 Å². The molecular formula is C67H81Cl3O15. The Labute approximate surface area is 522 Å². The van der Waals surface area contributed by atoms with E-state index in [9.17, 15) is 76.3 Å². The number of halogens is 3. The number of hydrogen-bond acceptors (Lipinski definition) is 15. The lowest BCUT2D eigenvalue weighted by Crippen LogP contribution is -2.58. The van der Waals surface area contributed by atoms with Crippen LogP contribution in [0.2, 0.25) is 15.1 Å². The van der Waals surface area contributed by atoms with Crippen LogP contribution in [-0.2, 0) is 43.1 Å². The second kappa shape index (κ2) is 31.0. The van der Waals surface area contributed by atoms with Gasteiger partial charge < -0.3 is 71.5 Å². The molecule has 3 aliphatic carbocycles. The highest BCUT2D eigenvalue weighted by Crippen LogP contribution is 2.41. The largest absolute Gasteiger partial charge is 0.396 e. The molecule has 0 saturated heterocycles. The van der Waals surface area contributed by atoms with Gasteiger partial charge in [0.2, 0.25) is 0 Å². The summed E-state index contributed by atoms with van der Waals surface area (Å²) in [6.07, 6.45) is -21.2. The highest BCUT2D eigenvalue weighted by Gasteiger charge is 2.51. The van der Waals surface area contributed by atoms with Crippen molar-refractivity contribution in [2.24, 2.45) is 17.8 Å². The van der Waals surface area contributed by atoms with E-state index in [2.05, 4.69) is 6.92 Å². The number of carbonyl (C=O) groups excluding carboxylic acids is 1. The van der Waals surface area contributed by atoms with E-state index in [0.29, 0.717) is 39.3 Å². The maximum atomic E-state index is 12.8. The van der Waals surface area contributed by atoms with Crippen molar-refractivity contribution in [3.05, 3.63) is 209 Å². The molecule has 15 nitrogen and oxygen atoms in total. The van der Waals surface area contributed by atoms with Crippen LogP contribution in [0, 0.1) is 17.8 Å². The van der Waals surface area contributed by atoms with Crippen molar-refractivity contribution < 1.29 is 87.3 Å². The van der Waals surface area contributed by atoms with Crippen LogP contribution in [0.1, 0.15) is 123 Å². The molecule has 0 aromatic heterocycles. The Balaban J connectivity index is 0.000000198. The van der Waals surface area contributed by atoms with Gasteiger partial charge in [0.1, 0.15) is 18.3 Å². The Morgan fingerprint density at radius 3 is 1.16 bits per heavy atom. The van der Waals surface area contributed by atoms with Gasteiger partial charge in [-0.15, -0.1) is 0 Å². The van der Waals surface area contributed by atoms with Crippen LogP contribution < -0.4 is 0 Å². The minimum atomic E-state index is -2.09. The van der Waals surface area contributed by atoms with E-state index in [0.717, 1.165) is 29.5 Å². The third-order valence-corrected chi connectivity index (χ3v) is 17.4. The van der Waals surface area contributed by atoms with E-state index >= 15 is 0 Å². The zero-order valence-electron chi connectivity index (χ0n) is 55.0. The number of benzene rings is 6. The number of rotatable bonds is 16. The fourth-order valence-electron chi connectivity index (χ4n) is 11.4. The Bertz CT molecular complexity index is 3470. The van der Waals surface area contributed by atoms with Gasteiger partial charge in [-0.25, -0.2) is 0 Å². The first-order chi connectivity index (χ1) is 43.5. The summed E-state index contributed by atoms with van der Waals surface area (Å²) in [6, 6.07) is 33.9. The van der Waals surface area contributed by atoms with Crippen LogP contribution in [0.4, 0.5) is 0 Å². The molecule has 6 aromatic carbocycles. The molecule has 0 radical (unpaired) electrons. The molecule has 3 fully saturated rings. The molecule has 0 spiro atoms. The van der Waals surface area contributed by atoms with E-state index in [4.69, 9.17) is 45.8 Å². The summed E-state index contributed by atoms with van der Waals surface area (Å²) in [5, 5.41) is 143. The number of ketones is 1. The highest BCUT2D eigenvalue weighted by atomic mass is 35.5. The van der Waals surface area contributed by atoms with Gasteiger partial charge in [0.05, 0.1) is 80.5 Å². The maximum Gasteiger partial charge on any atom is 0.151 e. The van der Waals surface area contributed by atoms with Crippen molar-refractivity contribution in [2.75, 3.05) is 19.8 Å². The molecule has 17 atom stereocenters. The van der Waals surface area contributed by atoms with Gasteiger partial charge in [0, 0.05) is 49.7 Å². The normalized spacial score (nSPS) is 31.4. The quantitative estimate of drug-likeness (QED) is 0.0567. The third-order valence-electron chi connectivity index (χ3n) is 16.4. The fourth-order valence-corrected chi connectivity index (χ4v) is 11.9. The molecule has 3 aliphatic rings. The van der Waals surface area contributed by atoms with E-state index in [-0.39, 0.29) is 32.3 Å². The number of aliphatic hydroxyl groups is 14. The smallest absolute Gasteiger partial charge is 0.151 e. The van der Waals surface area contributed by atoms with Crippen LogP contribution >= 0.6 is 34.8 Å². The Morgan fingerprint density at radius 1 is 0.388 bits per heavy atom. The maximum absolute atomic E-state index is 12.8. The van der Waals surface area contributed by atoms with Crippen LogP contribution in [0.15, 0.2) is 127 Å². The summed E-state index contributed by atoms with van der Waals surface area (Å²) >= 11 is 19.0. The molecule has 18 heteroatoms. The van der Waals surface area contributed by atoms with E-state index in [1.807, 2.05) is 24.3 Å². The van der Waals surface area contributed by atoms with Gasteiger partial charge in [-0.1, -0.05) is 171 Å². The zero-order valence-corrected chi connectivity index (χ0v) is 49.3. The second-order valence-corrected chi connectivity index (χ2v) is 23.0. The molecule has 0 heterocycles. The SMILES string of the molecule is [2H]C([2H])(C)c1ccc(C([2H])([2H])c2cc([C@H]3[C@H](O)[C@@H](O)[C@H](O)[C@@H](CO)[C@@H]3O)ccc2Cl)cc1.[2H]C([2H])(C)c1ccc(Cc2cc([C@H]3[C@H](O)[C@@H](O)[C@H](O)[C@@H](CO)[C@@H]3O)ccc2Cl)cc1.[2H]C([2H])(c1ccc(CCC)cc1)c1cc([C@@H]2C(=O)[C@H](CO)[C@@H](O)[C@H](O)[C@H]2O)ccc1Cl. The molecule has 9 rings (SSSR count). The van der Waals surface area contributed by atoms with Gasteiger partial charge in [0.15, 0.2) is 5.78 Å². The van der Waals surface area contributed by atoms with E-state index in [1.54, 1.807) is 42.5 Å². The molecule has 3 saturated carbocycles. The van der Waals surface area contributed by atoms with Crippen molar-refractivity contribution in [3.63, 3.8) is 0 Å². The predicted octanol–water partition coefficient (Wildman–Crippen LogP) is 5.53. The molecular weight excluding hydrogens is 1150 g/mol. The predicted molar refractivity (Wildman–Crippen MR) is 326 cm³/mol. The lowest BCUT2D eigenvalue weighted by atomic mass is 9.70.